The van der Waals surface area contributed by atoms with Crippen molar-refractivity contribution in [1.82, 2.24) is 15.1 Å². The number of nitrogens with one attached hydrogen (secondary N) is 1. The second kappa shape index (κ2) is 27.1. The highest BCUT2D eigenvalue weighted by Crippen LogP contribution is 2.30. The quantitative estimate of drug-likeness (QED) is 0.0382. The van der Waals surface area contributed by atoms with Crippen LogP contribution < -0.4 is 20.5 Å². The summed E-state index contributed by atoms with van der Waals surface area (Å²) in [4.78, 5) is 52.2. The Morgan fingerprint density at radius 1 is 0.526 bits per heavy atom. The van der Waals surface area contributed by atoms with Gasteiger partial charge >= 0.3 is 5.97 Å². The second-order valence-corrected chi connectivity index (χ2v) is 19.6. The van der Waals surface area contributed by atoms with Crippen molar-refractivity contribution in [3.05, 3.63) is 179 Å². The smallest absolute Gasteiger partial charge is 0.377 e. The third-order valence-electron chi connectivity index (χ3n) is 13.6. The van der Waals surface area contributed by atoms with Crippen molar-refractivity contribution in [2.45, 2.75) is 95.3 Å². The number of nitrogens with zero attached hydrogens (tertiary/aromatic N) is 2. The topological polar surface area (TPSA) is 192 Å². The van der Waals surface area contributed by atoms with Crippen molar-refractivity contribution in [2.75, 3.05) is 39.3 Å². The lowest BCUT2D eigenvalue weighted by molar-refractivity contribution is -0.131. The molecule has 1 amide bonds. The maximum atomic E-state index is 13.2. The number of carbonyl (C=O) groups excluding carboxylic acids is 3. The average Bonchev–Trinajstić information content (AvgIpc) is 4.32. The Labute approximate surface area is 443 Å². The van der Waals surface area contributed by atoms with E-state index in [1.54, 1.807) is 60.7 Å². The zero-order valence-electron chi connectivity index (χ0n) is 41.7. The highest BCUT2D eigenvalue weighted by atomic mass is 19.1. The highest BCUT2D eigenvalue weighted by Gasteiger charge is 2.30. The molecule has 4 atom stereocenters. The Hall–Kier alpha value is -7.14. The minimum Gasteiger partial charge on any atom is -0.490 e. The second-order valence-electron chi connectivity index (χ2n) is 19.6. The molecule has 0 aromatic heterocycles. The van der Waals surface area contributed by atoms with E-state index in [1.165, 1.54) is 49.2 Å². The normalized spacial score (nSPS) is 16.8. The maximum absolute atomic E-state index is 13.2. The van der Waals surface area contributed by atoms with Gasteiger partial charge in [0.05, 0.1) is 24.4 Å². The summed E-state index contributed by atoms with van der Waals surface area (Å²) in [5, 5.41) is 32.9. The van der Waals surface area contributed by atoms with E-state index < -0.39 is 41.7 Å². The predicted molar refractivity (Wildman–Crippen MR) is 288 cm³/mol. The summed E-state index contributed by atoms with van der Waals surface area (Å²) >= 11 is 0. The van der Waals surface area contributed by atoms with Gasteiger partial charge in [0.1, 0.15) is 29.2 Å². The first-order valence-corrected chi connectivity index (χ1v) is 25.7. The molecule has 2 aliphatic carbocycles. The Morgan fingerprint density at radius 2 is 0.882 bits per heavy atom. The van der Waals surface area contributed by atoms with E-state index in [0.29, 0.717) is 18.2 Å². The number of carboxylic acid groups (broad SMARTS) is 1. The standard InChI is InChI=1S/C30H31FN2O4.C16H24N2O2.C14H9FO3.CH4/c31-24-11-7-21(8-12-24)20-3-5-23(6-4-20)29(35)30(36)32-27(19-33-17-1-2-18-33)28(34)22-9-13-25(14-10-22)37-26-15-16-26;17-15(11-18-9-1-2-10-18)16(19)12-3-5-13(6-4-12)20-14-7-8-14;15-12-7-5-10(6-8-12)9-1-3-11(4-2-9)13(16)14(17)18;/h3-14,26-28,34H,1-2,15-19H2,(H,32,36);3-6,14-16,19H,1-2,7-11,17H2;1-8H,(H,17,18);1H4/t27-,28-;15-,16-;;/m11../s1. The van der Waals surface area contributed by atoms with E-state index in [4.69, 9.17) is 20.3 Å². The number of aliphatic hydroxyl groups excluding tert-OH is 2. The molecule has 2 heterocycles. The van der Waals surface area contributed by atoms with Gasteiger partial charge in [-0.25, -0.2) is 13.6 Å². The maximum Gasteiger partial charge on any atom is 0.377 e. The fraction of sp³-hybridized carbons (Fsp3) is 0.344. The molecule has 6 aromatic rings. The molecule has 6 aromatic carbocycles. The van der Waals surface area contributed by atoms with Gasteiger partial charge in [0.15, 0.2) is 0 Å². The molecule has 2 saturated carbocycles. The van der Waals surface area contributed by atoms with Crippen molar-refractivity contribution in [1.29, 1.82) is 0 Å². The van der Waals surface area contributed by atoms with E-state index in [2.05, 4.69) is 15.1 Å². The van der Waals surface area contributed by atoms with Gasteiger partial charge < -0.3 is 45.6 Å². The van der Waals surface area contributed by atoms with Gasteiger partial charge in [-0.3, -0.25) is 14.4 Å². The molecule has 15 heteroatoms. The van der Waals surface area contributed by atoms with Crippen molar-refractivity contribution < 1.29 is 52.8 Å². The van der Waals surface area contributed by atoms with Crippen molar-refractivity contribution in [3.8, 4) is 33.8 Å². The van der Waals surface area contributed by atoms with E-state index in [0.717, 1.165) is 111 Å². The Balaban J connectivity index is 0.000000182. The number of ether oxygens (including phenoxy) is 2. The SMILES string of the molecule is C.N[C@H](CN1CCCC1)[C@H](O)c1ccc(OC2CC2)cc1.O=C(N[C@H](CN1CCCC1)[C@H](O)c1ccc(OC2CC2)cc1)C(=O)c1ccc(-c2ccc(F)cc2)cc1.O=C(O)C(=O)c1ccc(-c2ccc(F)cc2)cc1. The molecular formula is C61H68F2N4O9. The average molecular weight is 1040 g/mol. The molecular weight excluding hydrogens is 971 g/mol. The minimum atomic E-state index is -1.48. The zero-order chi connectivity index (χ0) is 52.8. The summed E-state index contributed by atoms with van der Waals surface area (Å²) in [6.45, 7) is 5.22. The molecule has 13 nitrogen and oxygen atoms in total. The fourth-order valence-corrected chi connectivity index (χ4v) is 8.96. The number of likely N-dealkylation sites (tertiary alicyclic amines) is 2. The monoisotopic (exact) mass is 1040 g/mol. The number of aliphatic hydroxyl groups is 2. The van der Waals surface area contributed by atoms with Crippen LogP contribution in [0, 0.1) is 11.6 Å². The van der Waals surface area contributed by atoms with Crippen LogP contribution in [0.4, 0.5) is 8.78 Å². The Kier molecular flexibility index (Phi) is 20.2. The summed E-state index contributed by atoms with van der Waals surface area (Å²) in [7, 11) is 0. The van der Waals surface area contributed by atoms with Crippen LogP contribution in [0.25, 0.3) is 22.3 Å². The minimum absolute atomic E-state index is 0. The molecule has 6 N–H and O–H groups in total. The van der Waals surface area contributed by atoms with Gasteiger partial charge in [0.25, 0.3) is 11.7 Å². The summed E-state index contributed by atoms with van der Waals surface area (Å²) < 4.78 is 37.5. The first-order chi connectivity index (χ1) is 36.3. The van der Waals surface area contributed by atoms with Gasteiger partial charge in [0, 0.05) is 30.3 Å². The predicted octanol–water partition coefficient (Wildman–Crippen LogP) is 9.61. The molecule has 0 unspecified atom stereocenters. The number of ketones is 2. The van der Waals surface area contributed by atoms with E-state index in [9.17, 15) is 38.2 Å². The highest BCUT2D eigenvalue weighted by molar-refractivity contribution is 6.43. The number of Topliss-reactive ketones (excluding diaryl/α,β-unsaturated/α-hetero) is 2. The van der Waals surface area contributed by atoms with E-state index in [1.807, 2.05) is 48.5 Å². The lowest BCUT2D eigenvalue weighted by Crippen LogP contribution is -2.48. The van der Waals surface area contributed by atoms with Crippen LogP contribution in [0.15, 0.2) is 146 Å². The van der Waals surface area contributed by atoms with Crippen molar-refractivity contribution in [3.63, 3.8) is 0 Å². The van der Waals surface area contributed by atoms with Gasteiger partial charge in [-0.15, -0.1) is 0 Å². The Bertz CT molecular complexity index is 2810. The van der Waals surface area contributed by atoms with Crippen LogP contribution in [0.5, 0.6) is 11.5 Å². The first-order valence-electron chi connectivity index (χ1n) is 25.7. The number of hydrogen-bond acceptors (Lipinski definition) is 11. The number of carboxylic acids is 1. The van der Waals surface area contributed by atoms with Crippen LogP contribution in [-0.4, -0.2) is 112 Å². The third-order valence-corrected chi connectivity index (χ3v) is 13.6. The summed E-state index contributed by atoms with van der Waals surface area (Å²) in [6.07, 6.45) is 8.19. The Morgan fingerprint density at radius 3 is 1.26 bits per heavy atom. The molecule has 0 radical (unpaired) electrons. The number of amides is 1. The third kappa shape index (κ3) is 16.4. The zero-order valence-corrected chi connectivity index (χ0v) is 41.7. The number of aliphatic carboxylic acids is 1. The number of benzene rings is 6. The van der Waals surface area contributed by atoms with Crippen LogP contribution >= 0.6 is 0 Å². The summed E-state index contributed by atoms with van der Waals surface area (Å²) in [5.41, 5.74) is 11.2. The number of hydrogen-bond donors (Lipinski definition) is 5. The van der Waals surface area contributed by atoms with E-state index in [-0.39, 0.29) is 42.3 Å². The van der Waals surface area contributed by atoms with Gasteiger partial charge in [-0.1, -0.05) is 104 Å². The first kappa shape index (κ1) is 56.6. The van der Waals surface area contributed by atoms with Crippen LogP contribution in [0.1, 0.15) is 103 Å². The number of rotatable bonds is 19. The molecule has 4 aliphatic rings. The lowest BCUT2D eigenvalue weighted by atomic mass is 10.00. The van der Waals surface area contributed by atoms with Crippen molar-refractivity contribution >= 4 is 23.4 Å². The van der Waals surface area contributed by atoms with Crippen LogP contribution in [-0.2, 0) is 9.59 Å². The largest absolute Gasteiger partial charge is 0.490 e. The number of halogens is 2. The molecule has 0 bridgehead atoms. The lowest BCUT2D eigenvalue weighted by Gasteiger charge is -2.28. The van der Waals surface area contributed by atoms with E-state index >= 15 is 0 Å². The van der Waals surface area contributed by atoms with Gasteiger partial charge in [-0.05, 0) is 159 Å². The summed E-state index contributed by atoms with van der Waals surface area (Å²) in [6, 6.07) is 38.9. The molecule has 4 fully saturated rings. The number of carbonyl (C=O) groups is 4. The molecule has 76 heavy (non-hydrogen) atoms. The molecule has 400 valence electrons. The molecule has 0 spiro atoms. The van der Waals surface area contributed by atoms with Crippen LogP contribution in [0.3, 0.4) is 0 Å². The molecule has 10 rings (SSSR count). The summed E-state index contributed by atoms with van der Waals surface area (Å²) in [5.74, 6) is -2.85. The molecule has 2 aliphatic heterocycles. The number of nitrogens with two attached hydrogens (primary N) is 1. The molecule has 2 saturated heterocycles. The van der Waals surface area contributed by atoms with Gasteiger partial charge in [-0.2, -0.15) is 0 Å². The van der Waals surface area contributed by atoms with Crippen LogP contribution in [0.2, 0.25) is 0 Å². The fourth-order valence-electron chi connectivity index (χ4n) is 8.96. The van der Waals surface area contributed by atoms with Crippen molar-refractivity contribution in [2.24, 2.45) is 5.73 Å². The van der Waals surface area contributed by atoms with Gasteiger partial charge in [0.2, 0.25) is 5.78 Å².